The summed E-state index contributed by atoms with van der Waals surface area (Å²) in [6.07, 6.45) is 5.96. The first-order valence-corrected chi connectivity index (χ1v) is 8.37. The Labute approximate surface area is 140 Å². The summed E-state index contributed by atoms with van der Waals surface area (Å²) >= 11 is 0. The molecule has 2 fully saturated rings. The summed E-state index contributed by atoms with van der Waals surface area (Å²) < 4.78 is 0. The van der Waals surface area contributed by atoms with Crippen molar-refractivity contribution in [2.75, 3.05) is 11.9 Å². The van der Waals surface area contributed by atoms with Gasteiger partial charge >= 0.3 is 5.97 Å². The molecule has 0 radical (unpaired) electrons. The molecule has 1 aromatic carbocycles. The molecule has 6 heteroatoms. The third-order valence-corrected chi connectivity index (χ3v) is 5.13. The van der Waals surface area contributed by atoms with Crippen LogP contribution in [0.2, 0.25) is 0 Å². The number of aliphatic carboxylic acids is 1. The lowest BCUT2D eigenvalue weighted by molar-refractivity contribution is -0.137. The van der Waals surface area contributed by atoms with E-state index in [-0.39, 0.29) is 36.1 Å². The van der Waals surface area contributed by atoms with Crippen molar-refractivity contribution < 1.29 is 19.5 Å². The highest BCUT2D eigenvalue weighted by atomic mass is 16.4. The van der Waals surface area contributed by atoms with Crippen molar-refractivity contribution in [2.45, 2.75) is 38.5 Å². The van der Waals surface area contributed by atoms with Crippen molar-refractivity contribution in [1.82, 2.24) is 5.32 Å². The smallest absolute Gasteiger partial charge is 0.322 e. The molecule has 2 aliphatic rings. The maximum atomic E-state index is 12.3. The lowest BCUT2D eigenvalue weighted by atomic mass is 10.0. The summed E-state index contributed by atoms with van der Waals surface area (Å²) in [5, 5.41) is 13.8. The molecule has 1 atom stereocenters. The van der Waals surface area contributed by atoms with Crippen LogP contribution in [0.4, 0.5) is 5.69 Å². The zero-order valence-electron chi connectivity index (χ0n) is 13.5. The molecule has 2 amide bonds. The largest absolute Gasteiger partial charge is 0.480 e. The van der Waals surface area contributed by atoms with E-state index in [9.17, 15) is 14.4 Å². The van der Waals surface area contributed by atoms with Crippen LogP contribution in [-0.2, 0) is 20.8 Å². The Balaban J connectivity index is 1.49. The topological polar surface area (TPSA) is 95.5 Å². The summed E-state index contributed by atoms with van der Waals surface area (Å²) in [5.74, 6) is -1.15. The second-order valence-corrected chi connectivity index (χ2v) is 6.86. The molecule has 24 heavy (non-hydrogen) atoms. The number of anilines is 1. The van der Waals surface area contributed by atoms with Gasteiger partial charge in [0.25, 0.3) is 0 Å². The lowest BCUT2D eigenvalue weighted by Gasteiger charge is -2.09. The number of benzene rings is 1. The van der Waals surface area contributed by atoms with Crippen LogP contribution in [0, 0.1) is 11.3 Å². The van der Waals surface area contributed by atoms with Gasteiger partial charge in [0, 0.05) is 11.6 Å². The fraction of sp³-hybridized carbons (Fsp3) is 0.500. The molecule has 2 saturated carbocycles. The molecular weight excluding hydrogens is 308 g/mol. The van der Waals surface area contributed by atoms with E-state index >= 15 is 0 Å². The van der Waals surface area contributed by atoms with E-state index in [1.807, 2.05) is 0 Å². The number of carbonyl (C=O) groups is 3. The van der Waals surface area contributed by atoms with E-state index in [4.69, 9.17) is 5.11 Å². The highest BCUT2D eigenvalue weighted by molar-refractivity contribution is 5.95. The zero-order valence-corrected chi connectivity index (χ0v) is 13.5. The summed E-state index contributed by atoms with van der Waals surface area (Å²) in [6, 6.07) is 7.10. The Hall–Kier alpha value is -2.37. The first-order valence-electron chi connectivity index (χ1n) is 8.37. The average Bonchev–Trinajstić information content (AvgIpc) is 3.05. The molecule has 1 unspecified atom stereocenters. The van der Waals surface area contributed by atoms with Gasteiger partial charge in [-0.2, -0.15) is 0 Å². The average molecular weight is 330 g/mol. The minimum absolute atomic E-state index is 0.101. The highest BCUT2D eigenvalue weighted by Crippen LogP contribution is 2.63. The Kier molecular flexibility index (Phi) is 4.55. The molecule has 0 saturated heterocycles. The van der Waals surface area contributed by atoms with Crippen LogP contribution in [-0.4, -0.2) is 29.4 Å². The van der Waals surface area contributed by atoms with Crippen molar-refractivity contribution in [3.05, 3.63) is 29.8 Å². The number of carboxylic acids is 1. The maximum absolute atomic E-state index is 12.3. The van der Waals surface area contributed by atoms with E-state index in [0.29, 0.717) is 0 Å². The predicted molar refractivity (Wildman–Crippen MR) is 88.4 cm³/mol. The van der Waals surface area contributed by atoms with Gasteiger partial charge in [-0.25, -0.2) is 0 Å². The van der Waals surface area contributed by atoms with E-state index in [0.717, 1.165) is 17.7 Å². The third kappa shape index (κ3) is 3.75. The molecular formula is C18H22N2O4. The number of nitrogens with one attached hydrogen (secondary N) is 2. The van der Waals surface area contributed by atoms with E-state index < -0.39 is 5.97 Å². The second kappa shape index (κ2) is 6.63. The molecule has 3 N–H and O–H groups in total. The fourth-order valence-corrected chi connectivity index (χ4v) is 3.71. The molecule has 0 aliphatic heterocycles. The normalized spacial score (nSPS) is 20.6. The van der Waals surface area contributed by atoms with Crippen LogP contribution in [0.15, 0.2) is 24.3 Å². The van der Waals surface area contributed by atoms with Gasteiger partial charge < -0.3 is 15.7 Å². The summed E-state index contributed by atoms with van der Waals surface area (Å²) in [4.78, 5) is 34.3. The molecule has 128 valence electrons. The Morgan fingerprint density at radius 1 is 1.12 bits per heavy atom. The number of carboxylic acid groups (broad SMARTS) is 1. The maximum Gasteiger partial charge on any atom is 0.322 e. The van der Waals surface area contributed by atoms with Crippen molar-refractivity contribution in [3.63, 3.8) is 0 Å². The molecule has 0 bridgehead atoms. The van der Waals surface area contributed by atoms with Crippen molar-refractivity contribution >= 4 is 23.5 Å². The van der Waals surface area contributed by atoms with Crippen LogP contribution >= 0.6 is 0 Å². The van der Waals surface area contributed by atoms with Crippen LogP contribution in [0.5, 0.6) is 0 Å². The van der Waals surface area contributed by atoms with Crippen molar-refractivity contribution in [2.24, 2.45) is 11.3 Å². The Morgan fingerprint density at radius 3 is 2.42 bits per heavy atom. The van der Waals surface area contributed by atoms with Crippen LogP contribution in [0.25, 0.3) is 0 Å². The Bertz CT molecular complexity index is 647. The fourth-order valence-electron chi connectivity index (χ4n) is 3.71. The quantitative estimate of drug-likeness (QED) is 0.743. The first-order chi connectivity index (χ1) is 11.5. The SMILES string of the molecule is O=C(O)CNC(=O)Cc1ccc(NC(=O)C2CC23CCCC3)cc1. The van der Waals surface area contributed by atoms with E-state index in [1.54, 1.807) is 24.3 Å². The molecule has 0 aromatic heterocycles. The molecule has 2 aliphatic carbocycles. The minimum atomic E-state index is -1.07. The highest BCUT2D eigenvalue weighted by Gasteiger charge is 2.58. The van der Waals surface area contributed by atoms with Crippen LogP contribution < -0.4 is 10.6 Å². The molecule has 6 nitrogen and oxygen atoms in total. The van der Waals surface area contributed by atoms with Gasteiger partial charge in [-0.3, -0.25) is 14.4 Å². The van der Waals surface area contributed by atoms with Gasteiger partial charge in [-0.1, -0.05) is 25.0 Å². The summed E-state index contributed by atoms with van der Waals surface area (Å²) in [7, 11) is 0. The van der Waals surface area contributed by atoms with E-state index in [2.05, 4.69) is 10.6 Å². The number of carbonyl (C=O) groups excluding carboxylic acids is 2. The van der Waals surface area contributed by atoms with Gasteiger partial charge in [-0.05, 0) is 42.4 Å². The monoisotopic (exact) mass is 330 g/mol. The van der Waals surface area contributed by atoms with Gasteiger partial charge in [0.1, 0.15) is 6.54 Å². The number of hydrogen-bond acceptors (Lipinski definition) is 3. The standard InChI is InChI=1S/C18H22N2O4/c21-15(19-11-16(22)23)9-12-3-5-13(6-4-12)20-17(24)14-10-18(14)7-1-2-8-18/h3-6,14H,1-2,7-11H2,(H,19,21)(H,20,24)(H,22,23). The van der Waals surface area contributed by atoms with Crippen molar-refractivity contribution in [3.8, 4) is 0 Å². The number of rotatable bonds is 6. The van der Waals surface area contributed by atoms with Gasteiger partial charge in [0.15, 0.2) is 0 Å². The van der Waals surface area contributed by atoms with E-state index in [1.165, 1.54) is 25.7 Å². The molecule has 0 heterocycles. The second-order valence-electron chi connectivity index (χ2n) is 6.86. The zero-order chi connectivity index (χ0) is 17.2. The first kappa shape index (κ1) is 16.5. The van der Waals surface area contributed by atoms with Crippen LogP contribution in [0.3, 0.4) is 0 Å². The van der Waals surface area contributed by atoms with Gasteiger partial charge in [-0.15, -0.1) is 0 Å². The van der Waals surface area contributed by atoms with Gasteiger partial charge in [0.2, 0.25) is 11.8 Å². The van der Waals surface area contributed by atoms with Gasteiger partial charge in [0.05, 0.1) is 6.42 Å². The third-order valence-electron chi connectivity index (χ3n) is 5.13. The summed E-state index contributed by atoms with van der Waals surface area (Å²) in [5.41, 5.74) is 1.79. The number of hydrogen-bond donors (Lipinski definition) is 3. The van der Waals surface area contributed by atoms with Crippen molar-refractivity contribution in [1.29, 1.82) is 0 Å². The molecule has 1 spiro atoms. The Morgan fingerprint density at radius 2 is 1.79 bits per heavy atom. The lowest BCUT2D eigenvalue weighted by Crippen LogP contribution is -2.30. The number of amides is 2. The molecule has 1 aromatic rings. The minimum Gasteiger partial charge on any atom is -0.480 e. The predicted octanol–water partition coefficient (Wildman–Crippen LogP) is 1.95. The molecule has 3 rings (SSSR count). The summed E-state index contributed by atoms with van der Waals surface area (Å²) in [6.45, 7) is -0.379. The van der Waals surface area contributed by atoms with Crippen LogP contribution in [0.1, 0.15) is 37.7 Å².